The van der Waals surface area contributed by atoms with Crippen LogP contribution < -0.4 is 15.5 Å². The third-order valence-corrected chi connectivity index (χ3v) is 6.23. The van der Waals surface area contributed by atoms with Crippen molar-refractivity contribution in [3.8, 4) is 22.8 Å². The van der Waals surface area contributed by atoms with Gasteiger partial charge >= 0.3 is 0 Å². The SMILES string of the molecule is [B]c1cnn2c(NCC3CCCN(C(=O)COc4ccccc4)C3)cc(-c3ccccc3O)nc12. The molecule has 0 saturated carbocycles. The molecule has 1 fully saturated rings. The Balaban J connectivity index is 1.27. The van der Waals surface area contributed by atoms with E-state index in [4.69, 9.17) is 12.6 Å². The maximum absolute atomic E-state index is 12.7. The highest BCUT2D eigenvalue weighted by atomic mass is 16.5. The summed E-state index contributed by atoms with van der Waals surface area (Å²) in [4.78, 5) is 19.2. The molecule has 1 aliphatic heterocycles. The maximum Gasteiger partial charge on any atom is 0.260 e. The lowest BCUT2D eigenvalue weighted by Gasteiger charge is -2.33. The molecule has 2 N–H and O–H groups in total. The number of hydrogen-bond donors (Lipinski definition) is 2. The Bertz CT molecular complexity index is 1330. The van der Waals surface area contributed by atoms with Crippen LogP contribution in [0.2, 0.25) is 0 Å². The van der Waals surface area contributed by atoms with E-state index in [0.29, 0.717) is 41.2 Å². The Morgan fingerprint density at radius 2 is 1.97 bits per heavy atom. The molecule has 176 valence electrons. The number of carbonyl (C=O) groups excluding carboxylic acids is 1. The molecule has 4 aromatic rings. The maximum atomic E-state index is 12.7. The molecule has 0 spiro atoms. The van der Waals surface area contributed by atoms with Crippen LogP contribution in [0.25, 0.3) is 16.9 Å². The first-order valence-corrected chi connectivity index (χ1v) is 11.7. The summed E-state index contributed by atoms with van der Waals surface area (Å²) in [5.74, 6) is 1.82. The van der Waals surface area contributed by atoms with Gasteiger partial charge in [-0.2, -0.15) is 9.61 Å². The van der Waals surface area contributed by atoms with Gasteiger partial charge in [0.2, 0.25) is 0 Å². The van der Waals surface area contributed by atoms with E-state index in [1.54, 1.807) is 22.8 Å². The second-order valence-corrected chi connectivity index (χ2v) is 8.71. The van der Waals surface area contributed by atoms with E-state index in [0.717, 1.165) is 25.2 Å². The number of nitrogens with zero attached hydrogens (tertiary/aromatic N) is 4. The van der Waals surface area contributed by atoms with Crippen LogP contribution in [0.3, 0.4) is 0 Å². The summed E-state index contributed by atoms with van der Waals surface area (Å²) in [6.07, 6.45) is 3.51. The van der Waals surface area contributed by atoms with Crippen molar-refractivity contribution in [2.75, 3.05) is 31.6 Å². The first-order chi connectivity index (χ1) is 17.1. The zero-order valence-electron chi connectivity index (χ0n) is 19.3. The molecule has 5 rings (SSSR count). The predicted molar refractivity (Wildman–Crippen MR) is 135 cm³/mol. The number of carbonyl (C=O) groups is 1. The number of benzene rings is 2. The van der Waals surface area contributed by atoms with Gasteiger partial charge in [-0.3, -0.25) is 4.79 Å². The van der Waals surface area contributed by atoms with Crippen LogP contribution in [0, 0.1) is 5.92 Å². The second kappa shape index (κ2) is 10.1. The minimum Gasteiger partial charge on any atom is -0.507 e. The molecule has 1 unspecified atom stereocenters. The number of piperidine rings is 1. The van der Waals surface area contributed by atoms with Gasteiger partial charge in [0, 0.05) is 37.5 Å². The number of fused-ring (bicyclic) bond motifs is 1. The van der Waals surface area contributed by atoms with Gasteiger partial charge < -0.3 is 20.1 Å². The highest BCUT2D eigenvalue weighted by molar-refractivity contribution is 6.36. The summed E-state index contributed by atoms with van der Waals surface area (Å²) in [6.45, 7) is 2.08. The molecule has 1 atom stereocenters. The fourth-order valence-corrected chi connectivity index (χ4v) is 4.39. The molecule has 9 heteroatoms. The Kier molecular flexibility index (Phi) is 6.56. The first kappa shape index (κ1) is 22.8. The molecule has 35 heavy (non-hydrogen) atoms. The lowest BCUT2D eigenvalue weighted by molar-refractivity contribution is -0.135. The molecule has 1 aliphatic rings. The van der Waals surface area contributed by atoms with E-state index < -0.39 is 0 Å². The topological polar surface area (TPSA) is 92.0 Å². The summed E-state index contributed by atoms with van der Waals surface area (Å²) in [6, 6.07) is 18.3. The summed E-state index contributed by atoms with van der Waals surface area (Å²) in [5.41, 5.74) is 2.19. The normalized spacial score (nSPS) is 15.8. The van der Waals surface area contributed by atoms with Crippen LogP contribution in [0.4, 0.5) is 5.82 Å². The molecule has 2 aromatic carbocycles. The van der Waals surface area contributed by atoms with Crippen molar-refractivity contribution in [3.63, 3.8) is 0 Å². The number of ether oxygens (including phenoxy) is 1. The third kappa shape index (κ3) is 5.08. The number of phenols is 1. The molecule has 2 radical (unpaired) electrons. The summed E-state index contributed by atoms with van der Waals surface area (Å²) in [5, 5.41) is 18.1. The van der Waals surface area contributed by atoms with E-state index in [2.05, 4.69) is 15.4 Å². The zero-order chi connectivity index (χ0) is 24.2. The summed E-state index contributed by atoms with van der Waals surface area (Å²) < 4.78 is 7.31. The molecule has 3 heterocycles. The van der Waals surface area contributed by atoms with E-state index >= 15 is 0 Å². The Hall–Kier alpha value is -4.01. The van der Waals surface area contributed by atoms with Gasteiger partial charge in [0.15, 0.2) is 12.3 Å². The molecular formula is C26H26BN5O3. The average Bonchev–Trinajstić information content (AvgIpc) is 3.27. The quantitative estimate of drug-likeness (QED) is 0.406. The van der Waals surface area contributed by atoms with Crippen molar-refractivity contribution in [2.24, 2.45) is 5.92 Å². The van der Waals surface area contributed by atoms with Crippen molar-refractivity contribution >= 4 is 30.7 Å². The van der Waals surface area contributed by atoms with E-state index in [1.165, 1.54) is 0 Å². The van der Waals surface area contributed by atoms with Crippen LogP contribution in [-0.4, -0.2) is 64.6 Å². The predicted octanol–water partition coefficient (Wildman–Crippen LogP) is 2.63. The highest BCUT2D eigenvalue weighted by Crippen LogP contribution is 2.29. The van der Waals surface area contributed by atoms with Gasteiger partial charge in [-0.25, -0.2) is 4.98 Å². The summed E-state index contributed by atoms with van der Waals surface area (Å²) >= 11 is 0. The number of amides is 1. The van der Waals surface area contributed by atoms with E-state index in [-0.39, 0.29) is 24.2 Å². The number of hydrogen-bond acceptors (Lipinski definition) is 6. The van der Waals surface area contributed by atoms with Gasteiger partial charge in [0.05, 0.1) is 5.69 Å². The van der Waals surface area contributed by atoms with Crippen LogP contribution in [0.5, 0.6) is 11.5 Å². The largest absolute Gasteiger partial charge is 0.507 e. The van der Waals surface area contributed by atoms with Crippen LogP contribution in [-0.2, 0) is 4.79 Å². The fraction of sp³-hybridized carbons (Fsp3) is 0.269. The number of aromatic nitrogens is 3. The molecule has 1 amide bonds. The minimum atomic E-state index is -0.00783. The van der Waals surface area contributed by atoms with Crippen LogP contribution in [0.1, 0.15) is 12.8 Å². The summed E-state index contributed by atoms with van der Waals surface area (Å²) in [7, 11) is 6.10. The highest BCUT2D eigenvalue weighted by Gasteiger charge is 2.24. The number of anilines is 1. The lowest BCUT2D eigenvalue weighted by atomic mass is 9.98. The standard InChI is InChI=1S/C26H26BN5O3/c27-21-15-29-32-24(13-22(30-26(21)32)20-10-4-5-11-23(20)33)28-14-18-7-6-12-31(16-18)25(34)17-35-19-8-2-1-3-9-19/h1-5,8-11,13,15,18,28,33H,6-7,12,14,16-17H2. The van der Waals surface area contributed by atoms with Crippen molar-refractivity contribution in [1.82, 2.24) is 19.5 Å². The lowest BCUT2D eigenvalue weighted by Crippen LogP contribution is -2.43. The molecule has 1 saturated heterocycles. The molecule has 0 aliphatic carbocycles. The van der Waals surface area contributed by atoms with E-state index in [9.17, 15) is 9.90 Å². The number of rotatable bonds is 7. The van der Waals surface area contributed by atoms with Gasteiger partial charge in [0.25, 0.3) is 5.91 Å². The number of nitrogens with one attached hydrogen (secondary N) is 1. The molecule has 0 bridgehead atoms. The van der Waals surface area contributed by atoms with Gasteiger partial charge in [-0.05, 0) is 48.5 Å². The molecule has 8 nitrogen and oxygen atoms in total. The first-order valence-electron chi connectivity index (χ1n) is 11.7. The average molecular weight is 467 g/mol. The fourth-order valence-electron chi connectivity index (χ4n) is 4.39. The van der Waals surface area contributed by atoms with Crippen molar-refractivity contribution in [3.05, 3.63) is 66.9 Å². The van der Waals surface area contributed by atoms with Crippen molar-refractivity contribution in [1.29, 1.82) is 0 Å². The number of aromatic hydroxyl groups is 1. The van der Waals surface area contributed by atoms with Crippen molar-refractivity contribution < 1.29 is 14.6 Å². The van der Waals surface area contributed by atoms with Crippen LogP contribution in [0.15, 0.2) is 66.9 Å². The molecular weight excluding hydrogens is 441 g/mol. The third-order valence-electron chi connectivity index (χ3n) is 6.23. The number of phenolic OH excluding ortho intramolecular Hbond substituents is 1. The smallest absolute Gasteiger partial charge is 0.260 e. The van der Waals surface area contributed by atoms with Gasteiger partial charge in [-0.1, -0.05) is 30.3 Å². The minimum absolute atomic E-state index is 0.00783. The van der Waals surface area contributed by atoms with Gasteiger partial charge in [-0.15, -0.1) is 0 Å². The molecule has 2 aromatic heterocycles. The van der Waals surface area contributed by atoms with Gasteiger partial charge in [0.1, 0.15) is 25.2 Å². The Morgan fingerprint density at radius 3 is 2.80 bits per heavy atom. The van der Waals surface area contributed by atoms with Crippen molar-refractivity contribution in [2.45, 2.75) is 12.8 Å². The van der Waals surface area contributed by atoms with Crippen LogP contribution >= 0.6 is 0 Å². The Morgan fingerprint density at radius 1 is 1.17 bits per heavy atom. The zero-order valence-corrected chi connectivity index (χ0v) is 19.3. The number of likely N-dealkylation sites (tertiary alicyclic amines) is 1. The van der Waals surface area contributed by atoms with E-state index in [1.807, 2.05) is 53.4 Å². The Labute approximate surface area is 205 Å². The second-order valence-electron chi connectivity index (χ2n) is 8.71. The monoisotopic (exact) mass is 467 g/mol. The number of para-hydroxylation sites is 2.